The Morgan fingerprint density at radius 3 is 2.77 bits per heavy atom. The molecular weight excluding hydrogens is 184 g/mol. The van der Waals surface area contributed by atoms with E-state index in [1.165, 1.54) is 0 Å². The number of aromatic carboxylic acids is 1. The molecule has 0 amide bonds. The van der Waals surface area contributed by atoms with Gasteiger partial charge in [-0.05, 0) is 24.1 Å². The number of allylic oxidation sites excluding steroid dienone is 1. The summed E-state index contributed by atoms with van der Waals surface area (Å²) in [7, 11) is 0. The quantitative estimate of drug-likeness (QED) is 0.572. The van der Waals surface area contributed by atoms with Gasteiger partial charge in [-0.25, -0.2) is 4.79 Å². The van der Waals surface area contributed by atoms with Gasteiger partial charge in [0.15, 0.2) is 0 Å². The summed E-state index contributed by atoms with van der Waals surface area (Å²) in [5.41, 5.74) is 1.25. The summed E-state index contributed by atoms with van der Waals surface area (Å²) in [4.78, 5) is 11.1. The molecule has 0 heterocycles. The lowest BCUT2D eigenvalue weighted by Crippen LogP contribution is -1.98. The first-order valence-electron chi connectivity index (χ1n) is 3.81. The van der Waals surface area contributed by atoms with Crippen LogP contribution in [0.25, 0.3) is 0 Å². The van der Waals surface area contributed by atoms with E-state index in [0.717, 1.165) is 12.0 Å². The lowest BCUT2D eigenvalue weighted by Gasteiger charge is -2.01. The molecule has 0 bridgehead atoms. The fraction of sp³-hybridized carbons (Fsp3) is 0.100. The third-order valence-corrected chi connectivity index (χ3v) is 2.04. The minimum Gasteiger partial charge on any atom is -0.478 e. The van der Waals surface area contributed by atoms with Crippen molar-refractivity contribution in [3.05, 3.63) is 42.0 Å². The average molecular weight is 194 g/mol. The minimum absolute atomic E-state index is 0.233. The van der Waals surface area contributed by atoms with Crippen LogP contribution in [-0.2, 0) is 6.42 Å². The van der Waals surface area contributed by atoms with Crippen LogP contribution in [0.5, 0.6) is 0 Å². The summed E-state index contributed by atoms with van der Waals surface area (Å²) in [6.45, 7) is 3.60. The van der Waals surface area contributed by atoms with Gasteiger partial charge >= 0.3 is 5.97 Å². The van der Waals surface area contributed by atoms with Crippen molar-refractivity contribution in [2.75, 3.05) is 0 Å². The molecule has 1 N–H and O–H groups in total. The van der Waals surface area contributed by atoms with Crippen molar-refractivity contribution < 1.29 is 9.90 Å². The van der Waals surface area contributed by atoms with Gasteiger partial charge in [-0.3, -0.25) is 0 Å². The molecule has 3 heteroatoms. The Hall–Kier alpha value is -1.22. The molecule has 0 aliphatic rings. The first-order chi connectivity index (χ1) is 6.15. The summed E-state index contributed by atoms with van der Waals surface area (Å²) < 4.78 is 0. The second-order valence-electron chi connectivity index (χ2n) is 2.65. The SMILES string of the molecule is C=CCc1ccc(C(=O)O)c(S)c1. The first-order valence-corrected chi connectivity index (χ1v) is 4.26. The van der Waals surface area contributed by atoms with E-state index in [0.29, 0.717) is 4.90 Å². The van der Waals surface area contributed by atoms with Gasteiger partial charge in [-0.2, -0.15) is 0 Å². The van der Waals surface area contributed by atoms with Crippen LogP contribution in [0.3, 0.4) is 0 Å². The third-order valence-electron chi connectivity index (χ3n) is 1.67. The summed E-state index contributed by atoms with van der Waals surface area (Å²) >= 11 is 4.08. The number of rotatable bonds is 3. The van der Waals surface area contributed by atoms with Crippen molar-refractivity contribution >= 4 is 18.6 Å². The van der Waals surface area contributed by atoms with Gasteiger partial charge in [0.2, 0.25) is 0 Å². The van der Waals surface area contributed by atoms with E-state index in [-0.39, 0.29) is 5.56 Å². The van der Waals surface area contributed by atoms with Gasteiger partial charge in [0, 0.05) is 4.90 Å². The molecule has 0 spiro atoms. The molecule has 0 fully saturated rings. The molecule has 68 valence electrons. The van der Waals surface area contributed by atoms with E-state index < -0.39 is 5.97 Å². The van der Waals surface area contributed by atoms with Gasteiger partial charge in [0.05, 0.1) is 5.56 Å². The second kappa shape index (κ2) is 4.14. The molecule has 1 aromatic carbocycles. The van der Waals surface area contributed by atoms with Crippen molar-refractivity contribution in [2.24, 2.45) is 0 Å². The molecule has 0 atom stereocenters. The molecule has 0 radical (unpaired) electrons. The zero-order chi connectivity index (χ0) is 9.84. The van der Waals surface area contributed by atoms with Crippen molar-refractivity contribution in [1.82, 2.24) is 0 Å². The monoisotopic (exact) mass is 194 g/mol. The molecule has 0 aliphatic heterocycles. The molecule has 0 aliphatic carbocycles. The van der Waals surface area contributed by atoms with E-state index in [4.69, 9.17) is 5.11 Å². The Bertz CT molecular complexity index is 345. The lowest BCUT2D eigenvalue weighted by atomic mass is 10.1. The second-order valence-corrected chi connectivity index (χ2v) is 3.13. The predicted octanol–water partition coefficient (Wildman–Crippen LogP) is 2.40. The van der Waals surface area contributed by atoms with Gasteiger partial charge in [0.1, 0.15) is 0 Å². The van der Waals surface area contributed by atoms with Crippen LogP contribution in [-0.4, -0.2) is 11.1 Å². The molecule has 1 rings (SSSR count). The van der Waals surface area contributed by atoms with Crippen molar-refractivity contribution in [3.8, 4) is 0 Å². The van der Waals surface area contributed by atoms with E-state index >= 15 is 0 Å². The Morgan fingerprint density at radius 2 is 2.31 bits per heavy atom. The van der Waals surface area contributed by atoms with E-state index in [1.54, 1.807) is 24.3 Å². The average Bonchev–Trinajstić information content (AvgIpc) is 2.04. The Balaban J connectivity index is 3.05. The highest BCUT2D eigenvalue weighted by Gasteiger charge is 2.06. The molecule has 0 saturated carbocycles. The van der Waals surface area contributed by atoms with Crippen LogP contribution in [0, 0.1) is 0 Å². The number of hydrogen-bond donors (Lipinski definition) is 2. The van der Waals surface area contributed by atoms with Gasteiger partial charge in [0.25, 0.3) is 0 Å². The summed E-state index contributed by atoms with van der Waals surface area (Å²) in [5.74, 6) is -0.949. The van der Waals surface area contributed by atoms with Crippen LogP contribution < -0.4 is 0 Å². The maximum Gasteiger partial charge on any atom is 0.336 e. The molecule has 1 aromatic rings. The highest BCUT2D eigenvalue weighted by molar-refractivity contribution is 7.80. The van der Waals surface area contributed by atoms with Crippen LogP contribution in [0.1, 0.15) is 15.9 Å². The van der Waals surface area contributed by atoms with Gasteiger partial charge in [-0.15, -0.1) is 19.2 Å². The summed E-state index contributed by atoms with van der Waals surface area (Å²) in [6, 6.07) is 5.07. The number of thiol groups is 1. The molecule has 13 heavy (non-hydrogen) atoms. The Morgan fingerprint density at radius 1 is 1.62 bits per heavy atom. The number of carboxylic acid groups (broad SMARTS) is 1. The zero-order valence-corrected chi connectivity index (χ0v) is 7.92. The highest BCUT2D eigenvalue weighted by atomic mass is 32.1. The number of benzene rings is 1. The number of hydrogen-bond acceptors (Lipinski definition) is 2. The van der Waals surface area contributed by atoms with Crippen LogP contribution >= 0.6 is 12.6 Å². The molecule has 2 nitrogen and oxygen atoms in total. The maximum atomic E-state index is 10.6. The van der Waals surface area contributed by atoms with Gasteiger partial charge < -0.3 is 5.11 Å². The van der Waals surface area contributed by atoms with Crippen LogP contribution in [0.15, 0.2) is 35.7 Å². The maximum absolute atomic E-state index is 10.6. The summed E-state index contributed by atoms with van der Waals surface area (Å²) in [5, 5.41) is 8.72. The normalized spacial score (nSPS) is 9.62. The Labute approximate surface area is 82.3 Å². The van der Waals surface area contributed by atoms with Gasteiger partial charge in [-0.1, -0.05) is 12.1 Å². The standard InChI is InChI=1S/C10H10O2S/c1-2-3-7-4-5-8(10(11)12)9(13)6-7/h2,4-6,13H,1,3H2,(H,11,12). The van der Waals surface area contributed by atoms with E-state index in [2.05, 4.69) is 19.2 Å². The molecular formula is C10H10O2S. The van der Waals surface area contributed by atoms with E-state index in [1.807, 2.05) is 0 Å². The summed E-state index contributed by atoms with van der Waals surface area (Å²) in [6.07, 6.45) is 2.50. The largest absolute Gasteiger partial charge is 0.478 e. The first kappa shape index (κ1) is 9.86. The van der Waals surface area contributed by atoms with E-state index in [9.17, 15) is 4.79 Å². The fourth-order valence-corrected chi connectivity index (χ4v) is 1.39. The predicted molar refractivity (Wildman–Crippen MR) is 54.6 cm³/mol. The molecule has 0 unspecified atom stereocenters. The smallest absolute Gasteiger partial charge is 0.336 e. The topological polar surface area (TPSA) is 37.3 Å². The Kier molecular flexibility index (Phi) is 3.14. The number of carbonyl (C=O) groups is 1. The van der Waals surface area contributed by atoms with Crippen molar-refractivity contribution in [2.45, 2.75) is 11.3 Å². The molecule has 0 aromatic heterocycles. The van der Waals surface area contributed by atoms with Crippen molar-refractivity contribution in [1.29, 1.82) is 0 Å². The zero-order valence-electron chi connectivity index (χ0n) is 7.03. The highest BCUT2D eigenvalue weighted by Crippen LogP contribution is 2.16. The fourth-order valence-electron chi connectivity index (χ4n) is 1.05. The lowest BCUT2D eigenvalue weighted by molar-refractivity contribution is 0.0693. The third kappa shape index (κ3) is 2.36. The van der Waals surface area contributed by atoms with Crippen LogP contribution in [0.4, 0.5) is 0 Å². The number of carboxylic acids is 1. The minimum atomic E-state index is -0.949. The molecule has 0 saturated heterocycles. The van der Waals surface area contributed by atoms with Crippen molar-refractivity contribution in [3.63, 3.8) is 0 Å². The van der Waals surface area contributed by atoms with Crippen LogP contribution in [0.2, 0.25) is 0 Å².